The summed E-state index contributed by atoms with van der Waals surface area (Å²) in [5, 5.41) is 10.5. The van der Waals surface area contributed by atoms with E-state index in [2.05, 4.69) is 15.3 Å². The van der Waals surface area contributed by atoms with Crippen LogP contribution in [0.25, 0.3) is 0 Å². The van der Waals surface area contributed by atoms with Crippen LogP contribution in [0.5, 0.6) is 0 Å². The number of nitrogens with one attached hydrogen (secondary N) is 2. The van der Waals surface area contributed by atoms with E-state index in [1.807, 2.05) is 23.1 Å². The SMILES string of the molecule is CC(=O)N1CCC(c2ccnc(Nc3cc(C=N)ccn3)c2)CC1. The Hall–Kier alpha value is -2.76. The quantitative estimate of drug-likeness (QED) is 0.848. The highest BCUT2D eigenvalue weighted by atomic mass is 16.2. The first kappa shape index (κ1) is 16.1. The third-order valence-electron chi connectivity index (χ3n) is 4.40. The molecule has 3 rings (SSSR count). The minimum Gasteiger partial charge on any atom is -0.343 e. The number of amides is 1. The Labute approximate surface area is 141 Å². The molecule has 0 unspecified atom stereocenters. The van der Waals surface area contributed by atoms with Gasteiger partial charge in [-0.05, 0) is 54.2 Å². The van der Waals surface area contributed by atoms with Gasteiger partial charge < -0.3 is 15.6 Å². The van der Waals surface area contributed by atoms with Crippen LogP contribution in [0.15, 0.2) is 36.7 Å². The van der Waals surface area contributed by atoms with Gasteiger partial charge in [0, 0.05) is 38.6 Å². The molecular weight excluding hydrogens is 302 g/mol. The molecule has 3 heterocycles. The van der Waals surface area contributed by atoms with Crippen molar-refractivity contribution in [2.75, 3.05) is 18.4 Å². The number of carbonyl (C=O) groups is 1. The lowest BCUT2D eigenvalue weighted by atomic mass is 9.90. The molecule has 1 fully saturated rings. The van der Waals surface area contributed by atoms with Gasteiger partial charge in [0.1, 0.15) is 11.6 Å². The second-order valence-corrected chi connectivity index (χ2v) is 6.00. The Morgan fingerprint density at radius 2 is 1.88 bits per heavy atom. The summed E-state index contributed by atoms with van der Waals surface area (Å²) in [6.45, 7) is 3.26. The van der Waals surface area contributed by atoms with Gasteiger partial charge in [0.05, 0.1) is 0 Å². The summed E-state index contributed by atoms with van der Waals surface area (Å²) in [4.78, 5) is 22.0. The molecule has 2 N–H and O–H groups in total. The number of aromatic nitrogens is 2. The maximum atomic E-state index is 11.4. The van der Waals surface area contributed by atoms with E-state index in [4.69, 9.17) is 5.41 Å². The summed E-state index contributed by atoms with van der Waals surface area (Å²) in [5.41, 5.74) is 2.03. The molecule has 6 nitrogen and oxygen atoms in total. The molecule has 24 heavy (non-hydrogen) atoms. The summed E-state index contributed by atoms with van der Waals surface area (Å²) in [6, 6.07) is 7.69. The van der Waals surface area contributed by atoms with E-state index in [0.717, 1.165) is 37.3 Å². The largest absolute Gasteiger partial charge is 0.343 e. The monoisotopic (exact) mass is 323 g/mol. The molecule has 1 aliphatic rings. The second kappa shape index (κ2) is 7.21. The third kappa shape index (κ3) is 3.76. The van der Waals surface area contributed by atoms with E-state index in [0.29, 0.717) is 11.7 Å². The normalized spacial score (nSPS) is 15.1. The van der Waals surface area contributed by atoms with Gasteiger partial charge in [-0.15, -0.1) is 0 Å². The van der Waals surface area contributed by atoms with Gasteiger partial charge in [0.25, 0.3) is 0 Å². The smallest absolute Gasteiger partial charge is 0.219 e. The van der Waals surface area contributed by atoms with Crippen LogP contribution in [0.3, 0.4) is 0 Å². The predicted molar refractivity (Wildman–Crippen MR) is 93.9 cm³/mol. The zero-order chi connectivity index (χ0) is 16.9. The van der Waals surface area contributed by atoms with Crippen LogP contribution >= 0.6 is 0 Å². The summed E-state index contributed by atoms with van der Waals surface area (Å²) >= 11 is 0. The number of hydrogen-bond donors (Lipinski definition) is 2. The van der Waals surface area contributed by atoms with Crippen molar-refractivity contribution in [2.45, 2.75) is 25.7 Å². The number of piperidine rings is 1. The highest BCUT2D eigenvalue weighted by molar-refractivity contribution is 5.78. The molecule has 0 aliphatic carbocycles. The number of pyridine rings is 2. The molecule has 0 atom stereocenters. The number of hydrogen-bond acceptors (Lipinski definition) is 5. The Kier molecular flexibility index (Phi) is 4.84. The zero-order valence-corrected chi connectivity index (χ0v) is 13.7. The summed E-state index contributed by atoms with van der Waals surface area (Å²) in [5.74, 6) is 2.02. The second-order valence-electron chi connectivity index (χ2n) is 6.00. The Balaban J connectivity index is 1.70. The maximum Gasteiger partial charge on any atom is 0.219 e. The standard InChI is InChI=1S/C18H21N5O/c1-13(24)23-8-4-15(5-9-23)16-3-7-21-18(11-16)22-17-10-14(12-19)2-6-20-17/h2-3,6-7,10-12,15,19H,4-5,8-9H2,1H3,(H,20,21,22). The molecule has 2 aromatic heterocycles. The van der Waals surface area contributed by atoms with E-state index in [9.17, 15) is 4.79 Å². The maximum absolute atomic E-state index is 11.4. The lowest BCUT2D eigenvalue weighted by Crippen LogP contribution is -2.36. The number of nitrogens with zero attached hydrogens (tertiary/aromatic N) is 3. The molecule has 6 heteroatoms. The highest BCUT2D eigenvalue weighted by Crippen LogP contribution is 2.29. The van der Waals surface area contributed by atoms with Crippen molar-refractivity contribution in [1.82, 2.24) is 14.9 Å². The number of likely N-dealkylation sites (tertiary alicyclic amines) is 1. The van der Waals surface area contributed by atoms with Crippen molar-refractivity contribution in [3.8, 4) is 0 Å². The Morgan fingerprint density at radius 1 is 1.21 bits per heavy atom. The van der Waals surface area contributed by atoms with Gasteiger partial charge in [-0.2, -0.15) is 0 Å². The first-order valence-corrected chi connectivity index (χ1v) is 8.11. The van der Waals surface area contributed by atoms with E-state index >= 15 is 0 Å². The molecule has 0 radical (unpaired) electrons. The van der Waals surface area contributed by atoms with Crippen LogP contribution < -0.4 is 5.32 Å². The molecule has 124 valence electrons. The predicted octanol–water partition coefficient (Wildman–Crippen LogP) is 2.94. The Bertz CT molecular complexity index is 738. The molecule has 0 aromatic carbocycles. The minimum absolute atomic E-state index is 0.155. The van der Waals surface area contributed by atoms with Gasteiger partial charge >= 0.3 is 0 Å². The Morgan fingerprint density at radius 3 is 2.54 bits per heavy atom. The molecular formula is C18H21N5O. The topological polar surface area (TPSA) is 82.0 Å². The van der Waals surface area contributed by atoms with E-state index in [1.54, 1.807) is 25.4 Å². The van der Waals surface area contributed by atoms with Crippen molar-refractivity contribution in [1.29, 1.82) is 5.41 Å². The zero-order valence-electron chi connectivity index (χ0n) is 13.7. The first-order chi connectivity index (χ1) is 11.7. The average Bonchev–Trinajstić information content (AvgIpc) is 2.62. The van der Waals surface area contributed by atoms with Crippen molar-refractivity contribution in [3.63, 3.8) is 0 Å². The fourth-order valence-electron chi connectivity index (χ4n) is 3.03. The molecule has 1 saturated heterocycles. The number of carbonyl (C=O) groups excluding carboxylic acids is 1. The van der Waals surface area contributed by atoms with Crippen LogP contribution in [0.1, 0.15) is 36.8 Å². The van der Waals surface area contributed by atoms with Crippen molar-refractivity contribution >= 4 is 23.8 Å². The fourth-order valence-corrected chi connectivity index (χ4v) is 3.03. The highest BCUT2D eigenvalue weighted by Gasteiger charge is 2.22. The summed E-state index contributed by atoms with van der Waals surface area (Å²) in [6.07, 6.45) is 6.72. The first-order valence-electron chi connectivity index (χ1n) is 8.11. The number of anilines is 2. The molecule has 2 aromatic rings. The van der Waals surface area contributed by atoms with E-state index in [-0.39, 0.29) is 5.91 Å². The third-order valence-corrected chi connectivity index (χ3v) is 4.40. The van der Waals surface area contributed by atoms with Gasteiger partial charge in [-0.3, -0.25) is 4.79 Å². The molecule has 0 bridgehead atoms. The van der Waals surface area contributed by atoms with Crippen molar-refractivity contribution in [3.05, 3.63) is 47.8 Å². The van der Waals surface area contributed by atoms with Crippen molar-refractivity contribution < 1.29 is 4.79 Å². The summed E-state index contributed by atoms with van der Waals surface area (Å²) < 4.78 is 0. The van der Waals surface area contributed by atoms with Gasteiger partial charge in [-0.1, -0.05) is 0 Å². The van der Waals surface area contributed by atoms with Crippen LogP contribution in [0.2, 0.25) is 0 Å². The fraction of sp³-hybridized carbons (Fsp3) is 0.333. The van der Waals surface area contributed by atoms with Gasteiger partial charge in [0.15, 0.2) is 0 Å². The molecule has 1 amide bonds. The minimum atomic E-state index is 0.155. The molecule has 0 spiro atoms. The van der Waals surface area contributed by atoms with Crippen LogP contribution in [-0.4, -0.2) is 40.1 Å². The molecule has 0 saturated carbocycles. The lowest BCUT2D eigenvalue weighted by molar-refractivity contribution is -0.129. The van der Waals surface area contributed by atoms with Gasteiger partial charge in [0.2, 0.25) is 5.91 Å². The van der Waals surface area contributed by atoms with Crippen LogP contribution in [-0.2, 0) is 4.79 Å². The van der Waals surface area contributed by atoms with Crippen LogP contribution in [0, 0.1) is 5.41 Å². The number of rotatable bonds is 4. The van der Waals surface area contributed by atoms with E-state index < -0.39 is 0 Å². The molecule has 1 aliphatic heterocycles. The van der Waals surface area contributed by atoms with Gasteiger partial charge in [-0.25, -0.2) is 9.97 Å². The average molecular weight is 323 g/mol. The van der Waals surface area contributed by atoms with Crippen molar-refractivity contribution in [2.24, 2.45) is 0 Å². The summed E-state index contributed by atoms with van der Waals surface area (Å²) in [7, 11) is 0. The van der Waals surface area contributed by atoms with E-state index in [1.165, 1.54) is 11.8 Å². The lowest BCUT2D eigenvalue weighted by Gasteiger charge is -2.31. The van der Waals surface area contributed by atoms with Crippen LogP contribution in [0.4, 0.5) is 11.6 Å².